The van der Waals surface area contributed by atoms with Crippen molar-refractivity contribution in [1.29, 1.82) is 0 Å². The van der Waals surface area contributed by atoms with Crippen LogP contribution in [0.25, 0.3) is 11.0 Å². The number of anilines is 1. The predicted molar refractivity (Wildman–Crippen MR) is 137 cm³/mol. The molecule has 3 N–H and O–H groups in total. The van der Waals surface area contributed by atoms with E-state index in [0.29, 0.717) is 24.5 Å². The molecule has 3 aromatic rings. The molecule has 1 aromatic carbocycles. The number of carbonyl (C=O) groups is 1. The summed E-state index contributed by atoms with van der Waals surface area (Å²) in [6.45, 7) is 2.77. The molecule has 0 bridgehead atoms. The molecule has 5 rings (SSSR count). The fourth-order valence-corrected chi connectivity index (χ4v) is 4.91. The standard InChI is InChI=1S/C23H27ClN6O.2ClH/c24-16-7-5-15(6-8-16)13-18(25)23(31)30-11-9-29(10-12-30)22-20-17-3-1-2-4-19(17)28-21(20)26-14-27-22;;/h5-8,14,18H,1-4,9-13,25H2,(H,26,27,28);2*1H/t18-;;/m1../s1. The lowest BCUT2D eigenvalue weighted by Crippen LogP contribution is -2.53. The van der Waals surface area contributed by atoms with E-state index in [9.17, 15) is 4.79 Å². The van der Waals surface area contributed by atoms with Gasteiger partial charge >= 0.3 is 0 Å². The Morgan fingerprint density at radius 3 is 2.48 bits per heavy atom. The van der Waals surface area contributed by atoms with Crippen LogP contribution in [0.5, 0.6) is 0 Å². The number of aromatic amines is 1. The van der Waals surface area contributed by atoms with E-state index in [-0.39, 0.29) is 30.7 Å². The average molecular weight is 512 g/mol. The number of hydrogen-bond acceptors (Lipinski definition) is 5. The van der Waals surface area contributed by atoms with E-state index < -0.39 is 6.04 Å². The summed E-state index contributed by atoms with van der Waals surface area (Å²) in [4.78, 5) is 29.7. The fourth-order valence-electron chi connectivity index (χ4n) is 4.79. The summed E-state index contributed by atoms with van der Waals surface area (Å²) in [7, 11) is 0. The summed E-state index contributed by atoms with van der Waals surface area (Å²) in [6, 6.07) is 6.95. The minimum atomic E-state index is -0.546. The van der Waals surface area contributed by atoms with Crippen LogP contribution in [0.15, 0.2) is 30.6 Å². The van der Waals surface area contributed by atoms with Gasteiger partial charge in [0.05, 0.1) is 11.4 Å². The third-order valence-corrected chi connectivity index (χ3v) is 6.70. The number of fused-ring (bicyclic) bond motifs is 3. The molecule has 1 aliphatic carbocycles. The number of piperazine rings is 1. The van der Waals surface area contributed by atoms with E-state index in [1.165, 1.54) is 24.1 Å². The molecule has 10 heteroatoms. The highest BCUT2D eigenvalue weighted by atomic mass is 35.5. The maximum absolute atomic E-state index is 12.9. The van der Waals surface area contributed by atoms with Gasteiger partial charge in [0.1, 0.15) is 17.8 Å². The lowest BCUT2D eigenvalue weighted by atomic mass is 9.96. The van der Waals surface area contributed by atoms with E-state index >= 15 is 0 Å². The van der Waals surface area contributed by atoms with Crippen molar-refractivity contribution in [2.45, 2.75) is 38.1 Å². The van der Waals surface area contributed by atoms with Gasteiger partial charge in [-0.15, -0.1) is 24.8 Å². The normalized spacial score (nSPS) is 16.5. The van der Waals surface area contributed by atoms with Crippen LogP contribution in [-0.2, 0) is 24.1 Å². The second-order valence-corrected chi connectivity index (χ2v) is 8.90. The minimum Gasteiger partial charge on any atom is -0.352 e. The van der Waals surface area contributed by atoms with Crippen molar-refractivity contribution < 1.29 is 4.79 Å². The zero-order chi connectivity index (χ0) is 21.4. The molecule has 2 aliphatic rings. The molecular weight excluding hydrogens is 483 g/mol. The van der Waals surface area contributed by atoms with E-state index in [1.807, 2.05) is 29.2 Å². The number of H-pyrrole nitrogens is 1. The second-order valence-electron chi connectivity index (χ2n) is 8.46. The number of hydrogen-bond donors (Lipinski definition) is 2. The van der Waals surface area contributed by atoms with Crippen molar-refractivity contribution in [2.24, 2.45) is 5.73 Å². The Balaban J connectivity index is 0.00000153. The SMILES string of the molecule is Cl.Cl.N[C@H](Cc1ccc(Cl)cc1)C(=O)N1CCN(c2ncnc3[nH]c4c(c23)CCCC4)CC1. The fraction of sp³-hybridized carbons (Fsp3) is 0.435. The molecule has 178 valence electrons. The number of nitrogens with one attached hydrogen (secondary N) is 1. The third-order valence-electron chi connectivity index (χ3n) is 6.44. The maximum atomic E-state index is 12.9. The van der Waals surface area contributed by atoms with Crippen LogP contribution >= 0.6 is 36.4 Å². The van der Waals surface area contributed by atoms with Gasteiger partial charge in [-0.05, 0) is 55.4 Å². The molecular formula is C23H29Cl3N6O. The summed E-state index contributed by atoms with van der Waals surface area (Å²) in [5.74, 6) is 0.989. The Kier molecular flexibility index (Phi) is 8.45. The first-order chi connectivity index (χ1) is 15.1. The molecule has 1 atom stereocenters. The van der Waals surface area contributed by atoms with E-state index in [0.717, 1.165) is 48.3 Å². The Hall–Kier alpha value is -2.06. The van der Waals surface area contributed by atoms with Crippen molar-refractivity contribution in [3.8, 4) is 0 Å². The number of halogens is 3. The van der Waals surface area contributed by atoms with Gasteiger partial charge < -0.3 is 20.5 Å². The Labute approximate surface area is 210 Å². The quantitative estimate of drug-likeness (QED) is 0.559. The van der Waals surface area contributed by atoms with Crippen LogP contribution in [0.3, 0.4) is 0 Å². The van der Waals surface area contributed by atoms with E-state index in [2.05, 4.69) is 19.9 Å². The molecule has 1 saturated heterocycles. The summed E-state index contributed by atoms with van der Waals surface area (Å²) < 4.78 is 0. The summed E-state index contributed by atoms with van der Waals surface area (Å²) in [5, 5.41) is 1.85. The zero-order valence-corrected chi connectivity index (χ0v) is 20.7. The number of aromatic nitrogens is 3. The summed E-state index contributed by atoms with van der Waals surface area (Å²) in [6.07, 6.45) is 6.74. The van der Waals surface area contributed by atoms with Crippen molar-refractivity contribution in [3.05, 3.63) is 52.4 Å². The molecule has 0 radical (unpaired) electrons. The van der Waals surface area contributed by atoms with Crippen LogP contribution in [0, 0.1) is 0 Å². The number of nitrogens with zero attached hydrogens (tertiary/aromatic N) is 4. The van der Waals surface area contributed by atoms with E-state index in [1.54, 1.807) is 6.33 Å². The van der Waals surface area contributed by atoms with Gasteiger partial charge in [-0.25, -0.2) is 9.97 Å². The first-order valence-corrected chi connectivity index (χ1v) is 11.4. The van der Waals surface area contributed by atoms with Crippen LogP contribution in [0.2, 0.25) is 5.02 Å². The van der Waals surface area contributed by atoms with Crippen molar-refractivity contribution in [1.82, 2.24) is 19.9 Å². The van der Waals surface area contributed by atoms with Crippen molar-refractivity contribution in [3.63, 3.8) is 0 Å². The molecule has 1 fully saturated rings. The third kappa shape index (κ3) is 5.22. The Bertz CT molecular complexity index is 1100. The highest BCUT2D eigenvalue weighted by molar-refractivity contribution is 6.30. The highest BCUT2D eigenvalue weighted by Crippen LogP contribution is 2.33. The van der Waals surface area contributed by atoms with Gasteiger partial charge in [-0.3, -0.25) is 4.79 Å². The smallest absolute Gasteiger partial charge is 0.239 e. The highest BCUT2D eigenvalue weighted by Gasteiger charge is 2.28. The minimum absolute atomic E-state index is 0. The van der Waals surface area contributed by atoms with Crippen LogP contribution in [0.1, 0.15) is 29.7 Å². The predicted octanol–water partition coefficient (Wildman–Crippen LogP) is 3.55. The van der Waals surface area contributed by atoms with Crippen LogP contribution in [0.4, 0.5) is 5.82 Å². The van der Waals surface area contributed by atoms with Crippen LogP contribution in [-0.4, -0.2) is 58.0 Å². The molecule has 1 aliphatic heterocycles. The van der Waals surface area contributed by atoms with Crippen molar-refractivity contribution in [2.75, 3.05) is 31.1 Å². The first-order valence-electron chi connectivity index (χ1n) is 11.0. The first kappa shape index (κ1) is 25.6. The molecule has 1 amide bonds. The Morgan fingerprint density at radius 1 is 1.06 bits per heavy atom. The lowest BCUT2D eigenvalue weighted by molar-refractivity contribution is -0.132. The van der Waals surface area contributed by atoms with Gasteiger partial charge in [0.15, 0.2) is 0 Å². The molecule has 7 nitrogen and oxygen atoms in total. The second kappa shape index (κ2) is 10.9. The largest absolute Gasteiger partial charge is 0.352 e. The average Bonchev–Trinajstić information content (AvgIpc) is 3.19. The number of rotatable bonds is 4. The number of nitrogens with two attached hydrogens (primary N) is 1. The van der Waals surface area contributed by atoms with Gasteiger partial charge in [0.2, 0.25) is 5.91 Å². The topological polar surface area (TPSA) is 91.1 Å². The molecule has 0 saturated carbocycles. The number of amides is 1. The Morgan fingerprint density at radius 2 is 1.76 bits per heavy atom. The van der Waals surface area contributed by atoms with Gasteiger partial charge in [-0.1, -0.05) is 23.7 Å². The van der Waals surface area contributed by atoms with Gasteiger partial charge in [0.25, 0.3) is 0 Å². The number of aryl methyl sites for hydroxylation is 2. The summed E-state index contributed by atoms with van der Waals surface area (Å²) >= 11 is 5.94. The monoisotopic (exact) mass is 510 g/mol. The van der Waals surface area contributed by atoms with Gasteiger partial charge in [0, 0.05) is 36.9 Å². The molecule has 33 heavy (non-hydrogen) atoms. The van der Waals surface area contributed by atoms with Crippen molar-refractivity contribution >= 4 is 59.2 Å². The van der Waals surface area contributed by atoms with Crippen LogP contribution < -0.4 is 10.6 Å². The molecule has 0 spiro atoms. The zero-order valence-electron chi connectivity index (χ0n) is 18.3. The summed E-state index contributed by atoms with van der Waals surface area (Å²) in [5.41, 5.74) is 10.9. The molecule has 3 heterocycles. The maximum Gasteiger partial charge on any atom is 0.239 e. The van der Waals surface area contributed by atoms with Gasteiger partial charge in [-0.2, -0.15) is 0 Å². The number of benzene rings is 1. The molecule has 2 aromatic heterocycles. The van der Waals surface area contributed by atoms with E-state index in [4.69, 9.17) is 17.3 Å². The molecule has 0 unspecified atom stereocenters. The number of carbonyl (C=O) groups excluding carboxylic acids is 1. The lowest BCUT2D eigenvalue weighted by Gasteiger charge is -2.36.